The van der Waals surface area contributed by atoms with Crippen LogP contribution in [0.3, 0.4) is 0 Å². The van der Waals surface area contributed by atoms with Crippen molar-refractivity contribution in [3.8, 4) is 11.5 Å². The number of likely N-dealkylation sites (N-methyl/N-ethyl adjacent to an activating group) is 1. The second kappa shape index (κ2) is 10.4. The Bertz CT molecular complexity index is 1710. The van der Waals surface area contributed by atoms with Crippen molar-refractivity contribution in [3.63, 3.8) is 0 Å². The van der Waals surface area contributed by atoms with Crippen LogP contribution in [0.2, 0.25) is 0 Å². The van der Waals surface area contributed by atoms with Gasteiger partial charge in [0.25, 0.3) is 0 Å². The molecule has 1 N–H and O–H groups in total. The number of benzene rings is 2. The summed E-state index contributed by atoms with van der Waals surface area (Å²) >= 11 is 1.63. The van der Waals surface area contributed by atoms with Crippen molar-refractivity contribution in [2.24, 2.45) is 0 Å². The minimum atomic E-state index is 0.0415. The minimum Gasteiger partial charge on any atom is -0.457 e. The lowest BCUT2D eigenvalue weighted by Gasteiger charge is -2.26. The number of thiophene rings is 1. The fraction of sp³-hybridized carbons (Fsp3) is 0.250. The molecule has 0 saturated carbocycles. The summed E-state index contributed by atoms with van der Waals surface area (Å²) in [5.41, 5.74) is 4.40. The topological polar surface area (TPSA) is 110 Å². The van der Waals surface area contributed by atoms with E-state index in [0.29, 0.717) is 29.9 Å². The molecule has 0 unspecified atom stereocenters. The number of amides is 1. The second-order valence-corrected chi connectivity index (χ2v) is 10.8. The molecular weight excluding hydrogens is 514 g/mol. The Balaban J connectivity index is 1.20. The van der Waals surface area contributed by atoms with Crippen molar-refractivity contribution in [2.45, 2.75) is 19.9 Å². The first-order valence-electron chi connectivity index (χ1n) is 12.6. The average Bonchev–Trinajstić information content (AvgIpc) is 3.54. The number of nitrogens with one attached hydrogen (secondary N) is 1. The first-order valence-corrected chi connectivity index (χ1v) is 13.4. The maximum absolute atomic E-state index is 12.7. The molecule has 1 aliphatic heterocycles. The van der Waals surface area contributed by atoms with Gasteiger partial charge in [-0.3, -0.25) is 4.79 Å². The molecule has 0 bridgehead atoms. The Morgan fingerprint density at radius 1 is 1.18 bits per heavy atom. The molecule has 11 heteroatoms. The molecule has 6 rings (SSSR count). The molecule has 1 aliphatic rings. The third-order valence-corrected chi connectivity index (χ3v) is 7.70. The van der Waals surface area contributed by atoms with Gasteiger partial charge in [0.15, 0.2) is 0 Å². The molecule has 2 aromatic carbocycles. The molecule has 4 heterocycles. The van der Waals surface area contributed by atoms with Crippen molar-refractivity contribution >= 4 is 50.0 Å². The second-order valence-electron chi connectivity index (χ2n) is 9.70. The zero-order valence-electron chi connectivity index (χ0n) is 21.8. The highest BCUT2D eigenvalue weighted by Gasteiger charge is 2.25. The zero-order valence-corrected chi connectivity index (χ0v) is 22.7. The van der Waals surface area contributed by atoms with Crippen LogP contribution in [-0.4, -0.2) is 63.2 Å². The number of ether oxygens (including phenoxy) is 1. The highest BCUT2D eigenvalue weighted by Crippen LogP contribution is 2.38. The van der Waals surface area contributed by atoms with Gasteiger partial charge in [0, 0.05) is 35.8 Å². The van der Waals surface area contributed by atoms with Crippen LogP contribution in [0.15, 0.2) is 59.5 Å². The molecule has 0 aliphatic carbocycles. The Kier molecular flexibility index (Phi) is 6.67. The number of hydrogen-bond acceptors (Lipinski definition) is 10. The van der Waals surface area contributed by atoms with Gasteiger partial charge in [-0.25, -0.2) is 14.6 Å². The summed E-state index contributed by atoms with van der Waals surface area (Å²) in [6, 6.07) is 11.4. The normalized spacial score (nSPS) is 13.5. The molecule has 3 aromatic heterocycles. The fourth-order valence-corrected chi connectivity index (χ4v) is 5.81. The van der Waals surface area contributed by atoms with E-state index in [-0.39, 0.29) is 5.91 Å². The summed E-state index contributed by atoms with van der Waals surface area (Å²) in [5, 5.41) is 12.2. The van der Waals surface area contributed by atoms with Crippen molar-refractivity contribution in [1.29, 1.82) is 0 Å². The van der Waals surface area contributed by atoms with Crippen molar-refractivity contribution < 1.29 is 14.2 Å². The average molecular weight is 542 g/mol. The number of hydrogen-bond donors (Lipinski definition) is 1. The van der Waals surface area contributed by atoms with Crippen LogP contribution in [0, 0.1) is 6.92 Å². The molecule has 39 heavy (non-hydrogen) atoms. The maximum Gasteiger partial charge on any atom is 0.246 e. The number of carbonyl (C=O) groups is 1. The standard InChI is InChI=1S/C28H27N7O3S/c1-17-13-18(6-9-23(17)37-19-7-8-21-22(14-19)33-38-32-21)31-27-26-20-10-12-35(25(36)5-4-11-34(2)3)15-24(20)39-28(26)30-16-29-27/h4-9,13-14,16H,10-12,15H2,1-3H3,(H,29,30,31)/b5-4+. The predicted molar refractivity (Wildman–Crippen MR) is 151 cm³/mol. The van der Waals surface area contributed by atoms with Gasteiger partial charge in [0.1, 0.15) is 39.5 Å². The lowest BCUT2D eigenvalue weighted by molar-refractivity contribution is -0.126. The van der Waals surface area contributed by atoms with E-state index in [1.165, 1.54) is 5.56 Å². The van der Waals surface area contributed by atoms with Gasteiger partial charge in [0.05, 0.1) is 11.9 Å². The monoisotopic (exact) mass is 541 g/mol. The van der Waals surface area contributed by atoms with E-state index in [9.17, 15) is 4.79 Å². The molecule has 0 saturated heterocycles. The van der Waals surface area contributed by atoms with Gasteiger partial charge in [-0.1, -0.05) is 6.08 Å². The fourth-order valence-electron chi connectivity index (χ4n) is 4.61. The number of anilines is 2. The number of carbonyl (C=O) groups excluding carboxylic acids is 1. The lowest BCUT2D eigenvalue weighted by Crippen LogP contribution is -2.34. The summed E-state index contributed by atoms with van der Waals surface area (Å²) in [6.07, 6.45) is 5.92. The highest BCUT2D eigenvalue weighted by molar-refractivity contribution is 7.19. The van der Waals surface area contributed by atoms with E-state index in [4.69, 9.17) is 9.37 Å². The van der Waals surface area contributed by atoms with E-state index in [1.54, 1.807) is 29.8 Å². The third-order valence-electron chi connectivity index (χ3n) is 6.57. The van der Waals surface area contributed by atoms with E-state index < -0.39 is 0 Å². The number of aryl methyl sites for hydroxylation is 1. The Labute approximate surface area is 228 Å². The minimum absolute atomic E-state index is 0.0415. The summed E-state index contributed by atoms with van der Waals surface area (Å²) in [4.78, 5) is 27.8. The van der Waals surface area contributed by atoms with Gasteiger partial charge in [0.2, 0.25) is 5.91 Å². The molecule has 10 nitrogen and oxygen atoms in total. The molecule has 0 spiro atoms. The summed E-state index contributed by atoms with van der Waals surface area (Å²) in [6.45, 7) is 3.99. The van der Waals surface area contributed by atoms with Gasteiger partial charge in [-0.15, -0.1) is 11.3 Å². The van der Waals surface area contributed by atoms with Crippen LogP contribution in [0.4, 0.5) is 11.5 Å². The molecular formula is C28H27N7O3S. The maximum atomic E-state index is 12.7. The van der Waals surface area contributed by atoms with Gasteiger partial charge >= 0.3 is 0 Å². The Morgan fingerprint density at radius 2 is 2.05 bits per heavy atom. The lowest BCUT2D eigenvalue weighted by atomic mass is 10.0. The first-order chi connectivity index (χ1) is 18.9. The van der Waals surface area contributed by atoms with Gasteiger partial charge < -0.3 is 19.9 Å². The van der Waals surface area contributed by atoms with Crippen molar-refractivity contribution in [1.82, 2.24) is 30.1 Å². The van der Waals surface area contributed by atoms with Crippen LogP contribution < -0.4 is 10.1 Å². The highest BCUT2D eigenvalue weighted by atomic mass is 32.1. The van der Waals surface area contributed by atoms with Gasteiger partial charge in [-0.05, 0) is 79.2 Å². The van der Waals surface area contributed by atoms with Gasteiger partial charge in [-0.2, -0.15) is 0 Å². The van der Waals surface area contributed by atoms with Crippen molar-refractivity contribution in [2.75, 3.05) is 32.5 Å². The van der Waals surface area contributed by atoms with Crippen LogP contribution >= 0.6 is 11.3 Å². The molecule has 198 valence electrons. The molecule has 0 fully saturated rings. The SMILES string of the molecule is Cc1cc(Nc2ncnc3sc4c(c23)CCN(C(=O)/C=C/CN(C)C)C4)ccc1Oc1ccc2nonc2c1. The van der Waals surface area contributed by atoms with Crippen LogP contribution in [0.25, 0.3) is 21.3 Å². The predicted octanol–water partition coefficient (Wildman–Crippen LogP) is 5.07. The first kappa shape index (κ1) is 25.0. The summed E-state index contributed by atoms with van der Waals surface area (Å²) in [7, 11) is 3.96. The Morgan fingerprint density at radius 3 is 2.90 bits per heavy atom. The van der Waals surface area contributed by atoms with Crippen LogP contribution in [-0.2, 0) is 17.8 Å². The largest absolute Gasteiger partial charge is 0.457 e. The molecule has 0 radical (unpaired) electrons. The van der Waals surface area contributed by atoms with E-state index in [2.05, 4.69) is 25.6 Å². The number of nitrogens with zero attached hydrogens (tertiary/aromatic N) is 6. The molecule has 5 aromatic rings. The zero-order chi connectivity index (χ0) is 26.9. The molecule has 1 amide bonds. The third kappa shape index (κ3) is 5.18. The molecule has 0 atom stereocenters. The van der Waals surface area contributed by atoms with E-state index in [1.807, 2.05) is 67.2 Å². The number of rotatable bonds is 7. The van der Waals surface area contributed by atoms with Crippen LogP contribution in [0.1, 0.15) is 16.0 Å². The van der Waals surface area contributed by atoms with E-state index >= 15 is 0 Å². The van der Waals surface area contributed by atoms with Crippen molar-refractivity contribution in [3.05, 3.63) is 70.9 Å². The quantitative estimate of drug-likeness (QED) is 0.282. The summed E-state index contributed by atoms with van der Waals surface area (Å²) < 4.78 is 10.9. The summed E-state index contributed by atoms with van der Waals surface area (Å²) in [5.74, 6) is 2.20. The van der Waals surface area contributed by atoms with Crippen LogP contribution in [0.5, 0.6) is 11.5 Å². The smallest absolute Gasteiger partial charge is 0.246 e. The van der Waals surface area contributed by atoms with E-state index in [0.717, 1.165) is 50.9 Å². The number of aromatic nitrogens is 4. The Hall–Kier alpha value is -4.35. The number of fused-ring (bicyclic) bond motifs is 4.